The second-order valence-electron chi connectivity index (χ2n) is 5.94. The van der Waals surface area contributed by atoms with Crippen molar-refractivity contribution >= 4 is 29.4 Å². The third-order valence-electron chi connectivity index (χ3n) is 4.27. The van der Waals surface area contributed by atoms with Crippen molar-refractivity contribution in [1.29, 1.82) is 5.41 Å². The zero-order valence-corrected chi connectivity index (χ0v) is 13.9. The van der Waals surface area contributed by atoms with E-state index in [2.05, 4.69) is 9.98 Å². The summed E-state index contributed by atoms with van der Waals surface area (Å²) in [6.07, 6.45) is 3.15. The molecule has 2 atom stereocenters. The largest absolute Gasteiger partial charge is 0.493 e. The molecule has 0 radical (unpaired) electrons. The maximum Gasteiger partial charge on any atom is 0.232 e. The van der Waals surface area contributed by atoms with Crippen molar-refractivity contribution in [1.82, 2.24) is 4.98 Å². The summed E-state index contributed by atoms with van der Waals surface area (Å²) in [6.45, 7) is 0.425. The second-order valence-corrected chi connectivity index (χ2v) is 5.94. The van der Waals surface area contributed by atoms with Crippen LogP contribution in [0, 0.1) is 11.3 Å². The molecule has 1 aliphatic rings. The monoisotopic (exact) mass is 353 g/mol. The molecule has 1 aliphatic heterocycles. The molecule has 0 bridgehead atoms. The number of rotatable bonds is 6. The second kappa shape index (κ2) is 7.22. The van der Waals surface area contributed by atoms with Crippen LogP contribution in [0.2, 0.25) is 0 Å². The van der Waals surface area contributed by atoms with Gasteiger partial charge in [0.2, 0.25) is 11.8 Å². The zero-order valence-electron chi connectivity index (χ0n) is 13.9. The van der Waals surface area contributed by atoms with Gasteiger partial charge in [-0.3, -0.25) is 14.6 Å². The summed E-state index contributed by atoms with van der Waals surface area (Å²) in [5.41, 5.74) is 13.0. The standard InChI is InChI=1S/C18H19N5O3/c19-9-13(18(21)25)16(14-2-1-6-22-14)23-10-3-4-15-12(8-10)11(17(20)24)5-7-26-15/h1-4,6,8-9,11,13,19,22H,5,7H2,(H2,20,24)(H2,21,25). The Balaban J connectivity index is 2.08. The number of aliphatic imine (C=N–C) groups is 1. The maximum absolute atomic E-state index is 11.7. The van der Waals surface area contributed by atoms with Crippen LogP contribution in [0.4, 0.5) is 5.69 Å². The minimum atomic E-state index is -0.979. The normalized spacial score (nSPS) is 17.7. The lowest BCUT2D eigenvalue weighted by Crippen LogP contribution is -2.32. The lowest BCUT2D eigenvalue weighted by atomic mass is 9.92. The van der Waals surface area contributed by atoms with Gasteiger partial charge in [-0.05, 0) is 36.8 Å². The number of hydrogen-bond donors (Lipinski definition) is 4. The van der Waals surface area contributed by atoms with Crippen molar-refractivity contribution in [3.63, 3.8) is 0 Å². The van der Waals surface area contributed by atoms with Gasteiger partial charge >= 0.3 is 0 Å². The number of ether oxygens (including phenoxy) is 1. The van der Waals surface area contributed by atoms with E-state index in [1.54, 1.807) is 36.5 Å². The van der Waals surface area contributed by atoms with Crippen molar-refractivity contribution < 1.29 is 14.3 Å². The van der Waals surface area contributed by atoms with Crippen LogP contribution in [-0.4, -0.2) is 35.3 Å². The average Bonchev–Trinajstić information content (AvgIpc) is 3.15. The van der Waals surface area contributed by atoms with E-state index in [1.807, 2.05) is 0 Å². The first-order valence-corrected chi connectivity index (χ1v) is 8.09. The number of fused-ring (bicyclic) bond motifs is 1. The summed E-state index contributed by atoms with van der Waals surface area (Å²) in [7, 11) is 0. The van der Waals surface area contributed by atoms with Crippen LogP contribution in [0.1, 0.15) is 23.6 Å². The highest BCUT2D eigenvalue weighted by atomic mass is 16.5. The quantitative estimate of drug-likeness (QED) is 0.579. The Morgan fingerprint density at radius 3 is 2.77 bits per heavy atom. The van der Waals surface area contributed by atoms with Crippen LogP contribution in [0.15, 0.2) is 41.5 Å². The first-order valence-electron chi connectivity index (χ1n) is 8.09. The summed E-state index contributed by atoms with van der Waals surface area (Å²) in [6, 6.07) is 8.66. The van der Waals surface area contributed by atoms with E-state index >= 15 is 0 Å². The molecule has 0 spiro atoms. The number of nitrogens with one attached hydrogen (secondary N) is 2. The fourth-order valence-corrected chi connectivity index (χ4v) is 2.97. The van der Waals surface area contributed by atoms with Gasteiger partial charge in [0.05, 0.1) is 29.6 Å². The van der Waals surface area contributed by atoms with Gasteiger partial charge in [0.25, 0.3) is 0 Å². The maximum atomic E-state index is 11.7. The molecule has 8 nitrogen and oxygen atoms in total. The van der Waals surface area contributed by atoms with Crippen molar-refractivity contribution in [3.05, 3.63) is 47.8 Å². The number of amides is 2. The number of aromatic amines is 1. The van der Waals surface area contributed by atoms with E-state index in [9.17, 15) is 9.59 Å². The van der Waals surface area contributed by atoms with Gasteiger partial charge in [0.1, 0.15) is 11.7 Å². The Kier molecular flexibility index (Phi) is 4.83. The molecule has 2 aromatic rings. The van der Waals surface area contributed by atoms with Gasteiger partial charge in [0, 0.05) is 18.0 Å². The van der Waals surface area contributed by atoms with E-state index in [0.717, 1.165) is 6.21 Å². The van der Waals surface area contributed by atoms with Crippen LogP contribution in [-0.2, 0) is 9.59 Å². The van der Waals surface area contributed by atoms with Crippen molar-refractivity contribution in [2.45, 2.75) is 12.3 Å². The van der Waals surface area contributed by atoms with Gasteiger partial charge in [-0.25, -0.2) is 0 Å². The number of benzene rings is 1. The zero-order chi connectivity index (χ0) is 18.7. The van der Waals surface area contributed by atoms with Gasteiger partial charge in [0.15, 0.2) is 0 Å². The summed E-state index contributed by atoms with van der Waals surface area (Å²) in [5, 5.41) is 7.53. The molecule has 26 heavy (non-hydrogen) atoms. The number of H-pyrrole nitrogens is 1. The van der Waals surface area contributed by atoms with E-state index in [1.165, 1.54) is 0 Å². The molecule has 0 aliphatic carbocycles. The molecule has 1 aromatic heterocycles. The molecule has 2 unspecified atom stereocenters. The molecule has 2 heterocycles. The number of carbonyl (C=O) groups excluding carboxylic acids is 2. The number of aromatic nitrogens is 1. The van der Waals surface area contributed by atoms with Crippen LogP contribution >= 0.6 is 0 Å². The fourth-order valence-electron chi connectivity index (χ4n) is 2.97. The number of nitrogens with zero attached hydrogens (tertiary/aromatic N) is 1. The van der Waals surface area contributed by atoms with Gasteiger partial charge in [-0.2, -0.15) is 0 Å². The first kappa shape index (κ1) is 17.4. The number of hydrogen-bond acceptors (Lipinski definition) is 5. The molecule has 1 aromatic carbocycles. The number of carbonyl (C=O) groups is 2. The summed E-state index contributed by atoms with van der Waals surface area (Å²) < 4.78 is 5.57. The van der Waals surface area contributed by atoms with E-state index in [4.69, 9.17) is 21.6 Å². The number of primary amides is 2. The molecule has 3 rings (SSSR count). The summed E-state index contributed by atoms with van der Waals surface area (Å²) >= 11 is 0. The molecule has 0 saturated heterocycles. The van der Waals surface area contributed by atoms with Crippen LogP contribution in [0.5, 0.6) is 5.75 Å². The topological polar surface area (TPSA) is 147 Å². The third kappa shape index (κ3) is 3.34. The van der Waals surface area contributed by atoms with Crippen LogP contribution < -0.4 is 16.2 Å². The minimum absolute atomic E-state index is 0.324. The van der Waals surface area contributed by atoms with Crippen molar-refractivity contribution in [3.8, 4) is 5.75 Å². The summed E-state index contributed by atoms with van der Waals surface area (Å²) in [5.74, 6) is -1.93. The third-order valence-corrected chi connectivity index (χ3v) is 4.27. The SMILES string of the molecule is N=CC(C(N)=O)C(=Nc1ccc2c(c1)C(C(N)=O)CCO2)c1ccc[nH]1. The Labute approximate surface area is 149 Å². The van der Waals surface area contributed by atoms with Crippen LogP contribution in [0.3, 0.4) is 0 Å². The van der Waals surface area contributed by atoms with E-state index < -0.39 is 23.7 Å². The lowest BCUT2D eigenvalue weighted by molar-refractivity contribution is -0.120. The molecule has 134 valence electrons. The Morgan fingerprint density at radius 2 is 2.15 bits per heavy atom. The highest BCUT2D eigenvalue weighted by Gasteiger charge is 2.27. The van der Waals surface area contributed by atoms with Crippen molar-refractivity contribution in [2.24, 2.45) is 22.4 Å². The molecular formula is C18H19N5O3. The average molecular weight is 353 g/mol. The molecule has 8 heteroatoms. The predicted octanol–water partition coefficient (Wildman–Crippen LogP) is 1.24. The highest BCUT2D eigenvalue weighted by molar-refractivity contribution is 6.21. The Hall–Kier alpha value is -3.42. The van der Waals surface area contributed by atoms with Gasteiger partial charge < -0.3 is 26.6 Å². The fraction of sp³-hybridized carbons (Fsp3) is 0.222. The summed E-state index contributed by atoms with van der Waals surface area (Å²) in [4.78, 5) is 30.9. The predicted molar refractivity (Wildman–Crippen MR) is 96.9 cm³/mol. The first-order chi connectivity index (χ1) is 12.5. The minimum Gasteiger partial charge on any atom is -0.493 e. The molecule has 6 N–H and O–H groups in total. The molecule has 0 fully saturated rings. The number of nitrogens with two attached hydrogens (primary N) is 2. The molecular weight excluding hydrogens is 334 g/mol. The lowest BCUT2D eigenvalue weighted by Gasteiger charge is -2.24. The highest BCUT2D eigenvalue weighted by Crippen LogP contribution is 2.36. The van der Waals surface area contributed by atoms with Crippen LogP contribution in [0.25, 0.3) is 0 Å². The van der Waals surface area contributed by atoms with E-state index in [-0.39, 0.29) is 0 Å². The Morgan fingerprint density at radius 1 is 1.35 bits per heavy atom. The molecule has 0 saturated carbocycles. The van der Waals surface area contributed by atoms with Crippen molar-refractivity contribution in [2.75, 3.05) is 6.61 Å². The Bertz CT molecular complexity index is 873. The van der Waals surface area contributed by atoms with E-state index in [0.29, 0.717) is 41.4 Å². The van der Waals surface area contributed by atoms with Gasteiger partial charge in [-0.1, -0.05) is 0 Å². The molecule has 2 amide bonds. The van der Waals surface area contributed by atoms with Gasteiger partial charge in [-0.15, -0.1) is 0 Å². The smallest absolute Gasteiger partial charge is 0.232 e.